The molecule has 0 aliphatic heterocycles. The zero-order valence-electron chi connectivity index (χ0n) is 12.3. The molecule has 1 heteroatoms. The van der Waals surface area contributed by atoms with E-state index < -0.39 is 0 Å². The fourth-order valence-electron chi connectivity index (χ4n) is 2.38. The minimum atomic E-state index is 0.185. The van der Waals surface area contributed by atoms with E-state index in [-0.39, 0.29) is 10.8 Å². The smallest absolute Gasteiger partial charge is 0.00460 e. The van der Waals surface area contributed by atoms with Crippen LogP contribution in [0.3, 0.4) is 0 Å². The third-order valence-corrected chi connectivity index (χ3v) is 3.46. The van der Waals surface area contributed by atoms with Gasteiger partial charge in [0.05, 0.1) is 0 Å². The Labute approximate surface area is 112 Å². The third kappa shape index (κ3) is 3.28. The van der Waals surface area contributed by atoms with Crippen LogP contribution in [0.25, 0.3) is 0 Å². The number of rotatable bonds is 1. The van der Waals surface area contributed by atoms with Gasteiger partial charge in [-0.1, -0.05) is 48.5 Å². The summed E-state index contributed by atoms with van der Waals surface area (Å²) in [6.45, 7) is 15.9. The summed E-state index contributed by atoms with van der Waals surface area (Å²) < 4.78 is 0. The van der Waals surface area contributed by atoms with Gasteiger partial charge in [0.1, 0.15) is 0 Å². The number of benzene rings is 1. The van der Waals surface area contributed by atoms with Gasteiger partial charge in [-0.3, -0.25) is 0 Å². The highest BCUT2D eigenvalue weighted by molar-refractivity contribution is 7.80. The van der Waals surface area contributed by atoms with Crippen molar-refractivity contribution in [1.82, 2.24) is 0 Å². The van der Waals surface area contributed by atoms with E-state index in [9.17, 15) is 0 Å². The van der Waals surface area contributed by atoms with Crippen LogP contribution in [0.2, 0.25) is 0 Å². The monoisotopic (exact) mass is 250 g/mol. The van der Waals surface area contributed by atoms with Gasteiger partial charge in [-0.25, -0.2) is 0 Å². The molecule has 0 radical (unpaired) electrons. The molecule has 0 atom stereocenters. The number of hydrogen-bond donors (Lipinski definition) is 1. The van der Waals surface area contributed by atoms with Crippen LogP contribution in [-0.4, -0.2) is 0 Å². The van der Waals surface area contributed by atoms with Gasteiger partial charge in [0.2, 0.25) is 0 Å². The van der Waals surface area contributed by atoms with Gasteiger partial charge in [-0.15, -0.1) is 12.6 Å². The largest absolute Gasteiger partial charge is 0.143 e. The van der Waals surface area contributed by atoms with Gasteiger partial charge in [-0.05, 0) is 46.1 Å². The molecule has 0 N–H and O–H groups in total. The second-order valence-electron chi connectivity index (χ2n) is 6.87. The fraction of sp³-hybridized carbons (Fsp3) is 0.625. The molecule has 0 bridgehead atoms. The molecular weight excluding hydrogens is 224 g/mol. The number of hydrogen-bond acceptors (Lipinski definition) is 1. The predicted molar refractivity (Wildman–Crippen MR) is 80.5 cm³/mol. The topological polar surface area (TPSA) is 0 Å². The first-order chi connectivity index (χ1) is 7.57. The van der Waals surface area contributed by atoms with Crippen LogP contribution in [0.5, 0.6) is 0 Å². The van der Waals surface area contributed by atoms with Crippen molar-refractivity contribution in [1.29, 1.82) is 0 Å². The third-order valence-electron chi connectivity index (χ3n) is 3.20. The van der Waals surface area contributed by atoms with Crippen LogP contribution < -0.4 is 0 Å². The Morgan fingerprint density at radius 3 is 1.47 bits per heavy atom. The van der Waals surface area contributed by atoms with E-state index in [0.29, 0.717) is 0 Å². The molecule has 1 rings (SSSR count). The molecule has 0 aromatic heterocycles. The molecule has 1 aromatic rings. The SMILES string of the molecule is CCc1c(C(C)(C)C)cc(S)cc1C(C)(C)C. The zero-order valence-corrected chi connectivity index (χ0v) is 13.2. The van der Waals surface area contributed by atoms with Crippen molar-refractivity contribution in [3.05, 3.63) is 28.8 Å². The summed E-state index contributed by atoms with van der Waals surface area (Å²) in [7, 11) is 0. The summed E-state index contributed by atoms with van der Waals surface area (Å²) in [5.74, 6) is 0. The maximum absolute atomic E-state index is 4.57. The van der Waals surface area contributed by atoms with Crippen molar-refractivity contribution >= 4 is 12.6 Å². The Bertz CT molecular complexity index is 368. The summed E-state index contributed by atoms with van der Waals surface area (Å²) >= 11 is 4.57. The highest BCUT2D eigenvalue weighted by atomic mass is 32.1. The Hall–Kier alpha value is -0.430. The van der Waals surface area contributed by atoms with E-state index >= 15 is 0 Å². The highest BCUT2D eigenvalue weighted by Crippen LogP contribution is 2.36. The Kier molecular flexibility index (Phi) is 4.03. The molecule has 0 amide bonds. The van der Waals surface area contributed by atoms with Crippen molar-refractivity contribution in [3.63, 3.8) is 0 Å². The van der Waals surface area contributed by atoms with Crippen molar-refractivity contribution in [3.8, 4) is 0 Å². The predicted octanol–water partition coefficient (Wildman–Crippen LogP) is 5.13. The molecule has 0 saturated carbocycles. The molecule has 0 heterocycles. The molecule has 0 unspecified atom stereocenters. The van der Waals surface area contributed by atoms with Gasteiger partial charge in [0, 0.05) is 4.90 Å². The lowest BCUT2D eigenvalue weighted by Crippen LogP contribution is -2.21. The average molecular weight is 250 g/mol. The molecule has 0 aliphatic rings. The van der Waals surface area contributed by atoms with Gasteiger partial charge >= 0.3 is 0 Å². The van der Waals surface area contributed by atoms with E-state index in [1.165, 1.54) is 16.7 Å². The molecule has 0 fully saturated rings. The summed E-state index contributed by atoms with van der Waals surface area (Å²) in [6.07, 6.45) is 1.09. The molecule has 17 heavy (non-hydrogen) atoms. The maximum Gasteiger partial charge on any atom is 0.00460 e. The van der Waals surface area contributed by atoms with Crippen molar-refractivity contribution in [2.45, 2.75) is 70.6 Å². The van der Waals surface area contributed by atoms with Crippen LogP contribution in [0, 0.1) is 0 Å². The van der Waals surface area contributed by atoms with E-state index in [1.54, 1.807) is 0 Å². The minimum Gasteiger partial charge on any atom is -0.143 e. The lowest BCUT2D eigenvalue weighted by molar-refractivity contribution is 0.553. The minimum absolute atomic E-state index is 0.185. The van der Waals surface area contributed by atoms with E-state index in [0.717, 1.165) is 11.3 Å². The lowest BCUT2D eigenvalue weighted by Gasteiger charge is -2.30. The van der Waals surface area contributed by atoms with Gasteiger partial charge in [0.25, 0.3) is 0 Å². The molecule has 0 spiro atoms. The zero-order chi connectivity index (χ0) is 13.4. The van der Waals surface area contributed by atoms with E-state index in [4.69, 9.17) is 0 Å². The first-order valence-electron chi connectivity index (χ1n) is 6.44. The normalized spacial score (nSPS) is 12.9. The molecule has 0 saturated heterocycles. The highest BCUT2D eigenvalue weighted by Gasteiger charge is 2.24. The van der Waals surface area contributed by atoms with Crippen molar-refractivity contribution < 1.29 is 0 Å². The van der Waals surface area contributed by atoms with Crippen molar-refractivity contribution in [2.75, 3.05) is 0 Å². The van der Waals surface area contributed by atoms with Gasteiger partial charge < -0.3 is 0 Å². The summed E-state index contributed by atoms with van der Waals surface area (Å²) in [5, 5.41) is 0. The average Bonchev–Trinajstić information content (AvgIpc) is 2.13. The van der Waals surface area contributed by atoms with E-state index in [2.05, 4.69) is 73.2 Å². The second kappa shape index (κ2) is 4.68. The van der Waals surface area contributed by atoms with Crippen molar-refractivity contribution in [2.24, 2.45) is 0 Å². The Morgan fingerprint density at radius 2 is 1.24 bits per heavy atom. The quantitative estimate of drug-likeness (QED) is 0.656. The first kappa shape index (κ1) is 14.6. The van der Waals surface area contributed by atoms with Gasteiger partial charge in [0.15, 0.2) is 0 Å². The summed E-state index contributed by atoms with van der Waals surface area (Å²) in [6, 6.07) is 4.47. The molecule has 1 aromatic carbocycles. The molecule has 0 aliphatic carbocycles. The van der Waals surface area contributed by atoms with Crippen LogP contribution >= 0.6 is 12.6 Å². The Balaban J connectivity index is 3.58. The van der Waals surface area contributed by atoms with Crippen LogP contribution in [-0.2, 0) is 17.3 Å². The molecular formula is C16H26S. The summed E-state index contributed by atoms with van der Waals surface area (Å²) in [5.41, 5.74) is 4.76. The number of thiol groups is 1. The standard InChI is InChI=1S/C16H26S/c1-8-12-13(15(2,3)4)9-11(17)10-14(12)16(5,6)7/h9-10,17H,8H2,1-7H3. The van der Waals surface area contributed by atoms with Gasteiger partial charge in [-0.2, -0.15) is 0 Å². The molecule has 0 nitrogen and oxygen atoms in total. The van der Waals surface area contributed by atoms with E-state index in [1.807, 2.05) is 0 Å². The maximum atomic E-state index is 4.57. The van der Waals surface area contributed by atoms with Crippen LogP contribution in [0.1, 0.15) is 65.2 Å². The lowest BCUT2D eigenvalue weighted by atomic mass is 9.75. The van der Waals surface area contributed by atoms with Crippen LogP contribution in [0.15, 0.2) is 17.0 Å². The first-order valence-corrected chi connectivity index (χ1v) is 6.89. The second-order valence-corrected chi connectivity index (χ2v) is 7.39. The fourth-order valence-corrected chi connectivity index (χ4v) is 2.63. The van der Waals surface area contributed by atoms with Crippen LogP contribution in [0.4, 0.5) is 0 Å². The summed E-state index contributed by atoms with van der Waals surface area (Å²) in [4.78, 5) is 1.08. The Morgan fingerprint density at radius 1 is 0.882 bits per heavy atom. The molecule has 96 valence electrons.